The number of alkyl halides is 3. The Balaban J connectivity index is 1.47. The second-order valence-corrected chi connectivity index (χ2v) is 10.2. The number of H-pyrrole nitrogens is 1. The van der Waals surface area contributed by atoms with Gasteiger partial charge in [-0.05, 0) is 30.4 Å². The lowest BCUT2D eigenvalue weighted by Gasteiger charge is -2.36. The normalized spacial score (nSPS) is 20.5. The Morgan fingerprint density at radius 1 is 1.19 bits per heavy atom. The molecule has 7 nitrogen and oxygen atoms in total. The number of hydrogen-bond acceptors (Lipinski definition) is 5. The van der Waals surface area contributed by atoms with Gasteiger partial charge in [-0.15, -0.1) is 0 Å². The van der Waals surface area contributed by atoms with Gasteiger partial charge in [0.2, 0.25) is 10.0 Å². The number of nitrogens with zero attached hydrogens (tertiary/aromatic N) is 3. The highest BCUT2D eigenvalue weighted by Crippen LogP contribution is 2.39. The van der Waals surface area contributed by atoms with E-state index in [1.807, 2.05) is 0 Å². The van der Waals surface area contributed by atoms with Crippen molar-refractivity contribution in [3.05, 3.63) is 52.3 Å². The number of halogens is 3. The third-order valence-electron chi connectivity index (χ3n) is 6.23. The molecule has 2 aliphatic rings. The van der Waals surface area contributed by atoms with Crippen LogP contribution >= 0.6 is 0 Å². The topological polar surface area (TPSA) is 89.5 Å². The molecule has 2 N–H and O–H groups in total. The number of aliphatic hydroxyl groups excluding tert-OH is 1. The molecule has 1 fully saturated rings. The Hall–Kier alpha value is -1.95. The molecule has 0 amide bonds. The molecule has 31 heavy (non-hydrogen) atoms. The number of aliphatic hydroxyl groups is 1. The van der Waals surface area contributed by atoms with Crippen LogP contribution in [0.25, 0.3) is 0 Å². The van der Waals surface area contributed by atoms with Crippen LogP contribution in [0.15, 0.2) is 24.3 Å². The Kier molecular flexibility index (Phi) is 5.88. The maximum absolute atomic E-state index is 13.4. The largest absolute Gasteiger partial charge is 0.416 e. The lowest BCUT2D eigenvalue weighted by Crippen LogP contribution is -2.38. The summed E-state index contributed by atoms with van der Waals surface area (Å²) in [6.07, 6.45) is -2.85. The van der Waals surface area contributed by atoms with Crippen LogP contribution in [0.3, 0.4) is 0 Å². The first-order valence-corrected chi connectivity index (χ1v) is 12.0. The van der Waals surface area contributed by atoms with Crippen molar-refractivity contribution < 1.29 is 26.7 Å². The Morgan fingerprint density at radius 2 is 1.87 bits per heavy atom. The third-order valence-corrected chi connectivity index (χ3v) is 7.48. The zero-order valence-corrected chi connectivity index (χ0v) is 17.9. The number of benzene rings is 1. The number of fused-ring (bicyclic) bond motifs is 1. The van der Waals surface area contributed by atoms with Gasteiger partial charge in [-0.1, -0.05) is 18.2 Å². The van der Waals surface area contributed by atoms with Crippen molar-refractivity contribution in [1.82, 2.24) is 19.4 Å². The molecule has 0 radical (unpaired) electrons. The molecule has 1 atom stereocenters. The van der Waals surface area contributed by atoms with Gasteiger partial charge in [0.15, 0.2) is 6.23 Å². The average Bonchev–Trinajstić information content (AvgIpc) is 3.15. The van der Waals surface area contributed by atoms with Gasteiger partial charge in [0.05, 0.1) is 11.8 Å². The minimum Gasteiger partial charge on any atom is -0.372 e. The van der Waals surface area contributed by atoms with E-state index in [-0.39, 0.29) is 12.5 Å². The minimum absolute atomic E-state index is 0.145. The molecule has 0 spiro atoms. The summed E-state index contributed by atoms with van der Waals surface area (Å²) < 4.78 is 65.3. The first-order valence-electron chi connectivity index (χ1n) is 10.1. The summed E-state index contributed by atoms with van der Waals surface area (Å²) >= 11 is 0. The predicted molar refractivity (Wildman–Crippen MR) is 107 cm³/mol. The molecule has 1 saturated heterocycles. The van der Waals surface area contributed by atoms with E-state index in [1.54, 1.807) is 11.0 Å². The first kappa shape index (κ1) is 22.3. The summed E-state index contributed by atoms with van der Waals surface area (Å²) in [5, 5.41) is 18.0. The minimum atomic E-state index is -4.40. The summed E-state index contributed by atoms with van der Waals surface area (Å²) in [4.78, 5) is 1.78. The fourth-order valence-electron chi connectivity index (χ4n) is 4.53. The van der Waals surface area contributed by atoms with E-state index in [0.717, 1.165) is 18.0 Å². The molecule has 11 heteroatoms. The maximum Gasteiger partial charge on any atom is 0.416 e. The average molecular weight is 459 g/mol. The van der Waals surface area contributed by atoms with Crippen LogP contribution < -0.4 is 0 Å². The Bertz CT molecular complexity index is 1050. The molecular formula is C20H25F3N4O3S. The van der Waals surface area contributed by atoms with Crippen LogP contribution in [0.5, 0.6) is 0 Å². The van der Waals surface area contributed by atoms with Crippen LogP contribution in [0.2, 0.25) is 0 Å². The molecule has 0 saturated carbocycles. The second kappa shape index (κ2) is 8.19. The van der Waals surface area contributed by atoms with Gasteiger partial charge in [-0.25, -0.2) is 8.42 Å². The molecule has 2 aromatic rings. The quantitative estimate of drug-likeness (QED) is 0.735. The molecule has 1 unspecified atom stereocenters. The van der Waals surface area contributed by atoms with Crippen molar-refractivity contribution in [2.75, 3.05) is 25.9 Å². The van der Waals surface area contributed by atoms with Gasteiger partial charge in [-0.3, -0.25) is 10.00 Å². The van der Waals surface area contributed by atoms with Gasteiger partial charge < -0.3 is 5.11 Å². The summed E-state index contributed by atoms with van der Waals surface area (Å²) in [6.45, 7) is 1.32. The highest BCUT2D eigenvalue weighted by Gasteiger charge is 2.37. The van der Waals surface area contributed by atoms with E-state index in [1.165, 1.54) is 16.4 Å². The molecule has 1 aromatic heterocycles. The van der Waals surface area contributed by atoms with Gasteiger partial charge in [-0.2, -0.15) is 22.6 Å². The van der Waals surface area contributed by atoms with E-state index in [9.17, 15) is 26.7 Å². The lowest BCUT2D eigenvalue weighted by molar-refractivity contribution is -0.138. The van der Waals surface area contributed by atoms with Crippen LogP contribution in [0.1, 0.15) is 53.1 Å². The first-order chi connectivity index (χ1) is 14.6. The number of sulfonamides is 1. The van der Waals surface area contributed by atoms with E-state index in [4.69, 9.17) is 0 Å². The fraction of sp³-hybridized carbons (Fsp3) is 0.550. The number of aromatic amines is 1. The Labute approximate surface area is 178 Å². The van der Waals surface area contributed by atoms with E-state index < -0.39 is 28.0 Å². The molecule has 170 valence electrons. The molecule has 4 rings (SSSR count). The summed E-state index contributed by atoms with van der Waals surface area (Å²) in [6, 6.07) is 5.66. The molecule has 0 bridgehead atoms. The molecule has 3 heterocycles. The molecule has 1 aromatic carbocycles. The second-order valence-electron chi connectivity index (χ2n) is 8.18. The number of likely N-dealkylation sites (tertiary alicyclic amines) is 1. The third kappa shape index (κ3) is 4.50. The monoisotopic (exact) mass is 458 g/mol. The van der Waals surface area contributed by atoms with Gasteiger partial charge in [0.1, 0.15) is 5.69 Å². The highest BCUT2D eigenvalue weighted by atomic mass is 32.2. The predicted octanol–water partition coefficient (Wildman–Crippen LogP) is 2.62. The van der Waals surface area contributed by atoms with Gasteiger partial charge >= 0.3 is 6.18 Å². The summed E-state index contributed by atoms with van der Waals surface area (Å²) in [7, 11) is -3.36. The lowest BCUT2D eigenvalue weighted by atomic mass is 9.86. The maximum atomic E-state index is 13.4. The van der Waals surface area contributed by atoms with Crippen molar-refractivity contribution >= 4 is 10.0 Å². The van der Waals surface area contributed by atoms with Crippen LogP contribution in [0.4, 0.5) is 13.2 Å². The number of hydrogen-bond donors (Lipinski definition) is 2. The van der Waals surface area contributed by atoms with Crippen molar-refractivity contribution in [3.8, 4) is 0 Å². The number of piperidine rings is 1. The van der Waals surface area contributed by atoms with Crippen LogP contribution in [0, 0.1) is 0 Å². The van der Waals surface area contributed by atoms with E-state index in [0.29, 0.717) is 55.7 Å². The number of rotatable bonds is 4. The highest BCUT2D eigenvalue weighted by molar-refractivity contribution is 7.88. The Morgan fingerprint density at radius 3 is 2.52 bits per heavy atom. The van der Waals surface area contributed by atoms with Gasteiger partial charge in [0, 0.05) is 43.9 Å². The number of nitrogens with one attached hydrogen (secondary N) is 1. The fourth-order valence-corrected chi connectivity index (χ4v) is 5.31. The SMILES string of the molecule is CS(=O)(=O)N1CCc2[nH]nc(C(O)N3CCC(c4ccccc4C(F)(F)F)CC3)c2C1. The van der Waals surface area contributed by atoms with Crippen molar-refractivity contribution in [2.45, 2.75) is 44.1 Å². The van der Waals surface area contributed by atoms with E-state index in [2.05, 4.69) is 10.2 Å². The van der Waals surface area contributed by atoms with Crippen molar-refractivity contribution in [1.29, 1.82) is 0 Å². The molecule has 0 aliphatic carbocycles. The van der Waals surface area contributed by atoms with Crippen LogP contribution in [-0.4, -0.2) is 58.8 Å². The van der Waals surface area contributed by atoms with Gasteiger partial charge in [0.25, 0.3) is 0 Å². The summed E-state index contributed by atoms with van der Waals surface area (Å²) in [5.41, 5.74) is 1.57. The summed E-state index contributed by atoms with van der Waals surface area (Å²) in [5.74, 6) is -0.241. The number of aromatic nitrogens is 2. The zero-order chi connectivity index (χ0) is 22.4. The molecular weight excluding hydrogens is 433 g/mol. The molecule has 2 aliphatic heterocycles. The standard InChI is InChI=1S/C20H25F3N4O3S/c1-31(29,30)27-11-8-17-15(12-27)18(25-24-17)19(28)26-9-6-13(7-10-26)14-4-2-3-5-16(14)20(21,22)23/h2-5,13,19,28H,6-12H2,1H3,(H,24,25). The van der Waals surface area contributed by atoms with E-state index >= 15 is 0 Å². The van der Waals surface area contributed by atoms with Crippen molar-refractivity contribution in [3.63, 3.8) is 0 Å². The smallest absolute Gasteiger partial charge is 0.372 e. The zero-order valence-electron chi connectivity index (χ0n) is 17.1. The van der Waals surface area contributed by atoms with Crippen LogP contribution in [-0.2, 0) is 29.2 Å². The van der Waals surface area contributed by atoms with Crippen molar-refractivity contribution in [2.24, 2.45) is 0 Å².